The van der Waals surface area contributed by atoms with Crippen molar-refractivity contribution in [3.8, 4) is 0 Å². The molecule has 1 aromatic carbocycles. The van der Waals surface area contributed by atoms with Crippen LogP contribution in [0.3, 0.4) is 0 Å². The van der Waals surface area contributed by atoms with Crippen molar-refractivity contribution in [2.45, 2.75) is 52.1 Å². The zero-order valence-electron chi connectivity index (χ0n) is 13.2. The highest BCUT2D eigenvalue weighted by Crippen LogP contribution is 2.38. The average molecular weight is 295 g/mol. The number of nitrogens with zero attached hydrogens (tertiary/aromatic N) is 1. The van der Waals surface area contributed by atoms with Crippen LogP contribution >= 0.6 is 11.6 Å². The number of anilines is 1. The van der Waals surface area contributed by atoms with E-state index < -0.39 is 0 Å². The molecule has 1 aliphatic rings. The number of hydrogen-bond donors (Lipinski definition) is 1. The van der Waals surface area contributed by atoms with Gasteiger partial charge in [-0.1, -0.05) is 31.5 Å². The van der Waals surface area contributed by atoms with Gasteiger partial charge in [-0.3, -0.25) is 0 Å². The minimum Gasteiger partial charge on any atom is -0.371 e. The second kappa shape index (κ2) is 6.36. The van der Waals surface area contributed by atoms with Crippen LogP contribution in [0.25, 0.3) is 0 Å². The van der Waals surface area contributed by atoms with Gasteiger partial charge >= 0.3 is 0 Å². The lowest BCUT2D eigenvalue weighted by Crippen LogP contribution is -2.37. The van der Waals surface area contributed by atoms with Crippen molar-refractivity contribution in [1.82, 2.24) is 5.32 Å². The Balaban J connectivity index is 2.17. The van der Waals surface area contributed by atoms with E-state index in [-0.39, 0.29) is 0 Å². The molecule has 1 aromatic rings. The summed E-state index contributed by atoms with van der Waals surface area (Å²) in [5.41, 5.74) is 3.00. The smallest absolute Gasteiger partial charge is 0.0471 e. The summed E-state index contributed by atoms with van der Waals surface area (Å²) < 4.78 is 0. The van der Waals surface area contributed by atoms with Gasteiger partial charge in [0.2, 0.25) is 0 Å². The predicted molar refractivity (Wildman–Crippen MR) is 88.7 cm³/mol. The molecular formula is C17H27ClN2. The summed E-state index contributed by atoms with van der Waals surface area (Å²) in [6.45, 7) is 5.58. The molecular weight excluding hydrogens is 268 g/mol. The molecule has 3 heteroatoms. The van der Waals surface area contributed by atoms with Gasteiger partial charge in [-0.05, 0) is 50.3 Å². The normalized spacial score (nSPS) is 19.1. The summed E-state index contributed by atoms with van der Waals surface area (Å²) in [4.78, 5) is 2.44. The summed E-state index contributed by atoms with van der Waals surface area (Å²) in [6.07, 6.45) is 5.16. The summed E-state index contributed by atoms with van der Waals surface area (Å²) in [5.74, 6) is 0. The third-order valence-corrected chi connectivity index (χ3v) is 5.04. The highest BCUT2D eigenvalue weighted by atomic mass is 35.5. The fourth-order valence-electron chi connectivity index (χ4n) is 3.20. The van der Waals surface area contributed by atoms with Gasteiger partial charge in [0.05, 0.1) is 0 Å². The Morgan fingerprint density at radius 2 is 1.95 bits per heavy atom. The van der Waals surface area contributed by atoms with E-state index in [0.29, 0.717) is 11.5 Å². The number of benzene rings is 1. The Bertz CT molecular complexity index is 446. The van der Waals surface area contributed by atoms with Crippen LogP contribution in [-0.4, -0.2) is 20.1 Å². The first-order valence-electron chi connectivity index (χ1n) is 7.59. The highest BCUT2D eigenvalue weighted by Gasteiger charge is 2.29. The molecule has 0 unspecified atom stereocenters. The quantitative estimate of drug-likeness (QED) is 0.882. The van der Waals surface area contributed by atoms with E-state index in [9.17, 15) is 0 Å². The molecule has 112 valence electrons. The number of rotatable bonds is 4. The van der Waals surface area contributed by atoms with Crippen molar-refractivity contribution < 1.29 is 0 Å². The lowest BCUT2D eigenvalue weighted by Gasteiger charge is -2.40. The van der Waals surface area contributed by atoms with Gasteiger partial charge in [0.1, 0.15) is 0 Å². The van der Waals surface area contributed by atoms with Crippen LogP contribution in [0.1, 0.15) is 45.1 Å². The maximum atomic E-state index is 6.37. The first-order chi connectivity index (χ1) is 9.44. The Morgan fingerprint density at radius 3 is 2.55 bits per heavy atom. The van der Waals surface area contributed by atoms with E-state index in [4.69, 9.17) is 11.6 Å². The Labute approximate surface area is 128 Å². The lowest BCUT2D eigenvalue weighted by atomic mass is 9.75. The van der Waals surface area contributed by atoms with Crippen molar-refractivity contribution in [3.05, 3.63) is 28.8 Å². The van der Waals surface area contributed by atoms with Crippen molar-refractivity contribution >= 4 is 17.3 Å². The molecule has 20 heavy (non-hydrogen) atoms. The standard InChI is InChI=1S/C17H27ClN2/c1-17(2)10-8-13(9-11-17)20(4)16-7-5-6-15(18)14(16)12-19-3/h5-7,13,19H,8-12H2,1-4H3. The molecule has 0 aromatic heterocycles. The largest absolute Gasteiger partial charge is 0.371 e. The first-order valence-corrected chi connectivity index (χ1v) is 7.97. The van der Waals surface area contributed by atoms with Crippen LogP contribution in [0.2, 0.25) is 5.02 Å². The Hall–Kier alpha value is -0.730. The first kappa shape index (κ1) is 15.7. The van der Waals surface area contributed by atoms with Crippen LogP contribution in [-0.2, 0) is 6.54 Å². The van der Waals surface area contributed by atoms with Gasteiger partial charge in [0, 0.05) is 35.9 Å². The summed E-state index contributed by atoms with van der Waals surface area (Å²) in [5, 5.41) is 4.09. The monoisotopic (exact) mass is 294 g/mol. The van der Waals surface area contributed by atoms with Crippen molar-refractivity contribution in [3.63, 3.8) is 0 Å². The molecule has 0 spiro atoms. The molecule has 0 atom stereocenters. The average Bonchev–Trinajstić information content (AvgIpc) is 2.40. The zero-order valence-corrected chi connectivity index (χ0v) is 13.9. The summed E-state index contributed by atoms with van der Waals surface area (Å²) >= 11 is 6.37. The van der Waals surface area contributed by atoms with Crippen LogP contribution < -0.4 is 10.2 Å². The topological polar surface area (TPSA) is 15.3 Å². The zero-order chi connectivity index (χ0) is 14.8. The maximum absolute atomic E-state index is 6.37. The van der Waals surface area contributed by atoms with Gasteiger partial charge in [-0.15, -0.1) is 0 Å². The minimum atomic E-state index is 0.513. The van der Waals surface area contributed by atoms with Crippen LogP contribution in [0.15, 0.2) is 18.2 Å². The van der Waals surface area contributed by atoms with Gasteiger partial charge in [-0.2, -0.15) is 0 Å². The van der Waals surface area contributed by atoms with Crippen LogP contribution in [0.5, 0.6) is 0 Å². The SMILES string of the molecule is CNCc1c(Cl)cccc1N(C)C1CCC(C)(C)CC1. The van der Waals surface area contributed by atoms with E-state index in [1.807, 2.05) is 13.1 Å². The van der Waals surface area contributed by atoms with E-state index >= 15 is 0 Å². The predicted octanol–water partition coefficient (Wildman–Crippen LogP) is 4.46. The van der Waals surface area contributed by atoms with Crippen LogP contribution in [0.4, 0.5) is 5.69 Å². The molecule has 0 saturated heterocycles. The van der Waals surface area contributed by atoms with E-state index in [1.165, 1.54) is 36.9 Å². The molecule has 0 aliphatic heterocycles. The second-order valence-electron chi connectivity index (χ2n) is 6.77. The Morgan fingerprint density at radius 1 is 1.30 bits per heavy atom. The molecule has 2 nitrogen and oxygen atoms in total. The number of hydrogen-bond acceptors (Lipinski definition) is 2. The van der Waals surface area contributed by atoms with Crippen molar-refractivity contribution in [2.24, 2.45) is 5.41 Å². The minimum absolute atomic E-state index is 0.513. The summed E-state index contributed by atoms with van der Waals surface area (Å²) in [7, 11) is 4.18. The van der Waals surface area contributed by atoms with Crippen LogP contribution in [0, 0.1) is 5.41 Å². The number of halogens is 1. The number of nitrogens with one attached hydrogen (secondary N) is 1. The third-order valence-electron chi connectivity index (χ3n) is 4.68. The summed E-state index contributed by atoms with van der Waals surface area (Å²) in [6, 6.07) is 6.87. The molecule has 0 radical (unpaired) electrons. The molecule has 1 fully saturated rings. The van der Waals surface area contributed by atoms with Crippen molar-refractivity contribution in [1.29, 1.82) is 0 Å². The van der Waals surface area contributed by atoms with Crippen molar-refractivity contribution in [2.75, 3.05) is 19.0 Å². The third kappa shape index (κ3) is 3.48. The van der Waals surface area contributed by atoms with Gasteiger partial charge < -0.3 is 10.2 Å². The van der Waals surface area contributed by atoms with E-state index in [2.05, 4.69) is 43.2 Å². The van der Waals surface area contributed by atoms with Gasteiger partial charge in [0.15, 0.2) is 0 Å². The van der Waals surface area contributed by atoms with Gasteiger partial charge in [-0.25, -0.2) is 0 Å². The second-order valence-corrected chi connectivity index (χ2v) is 7.18. The maximum Gasteiger partial charge on any atom is 0.0471 e. The van der Waals surface area contributed by atoms with Gasteiger partial charge in [0.25, 0.3) is 0 Å². The molecule has 0 bridgehead atoms. The highest BCUT2D eigenvalue weighted by molar-refractivity contribution is 6.31. The fraction of sp³-hybridized carbons (Fsp3) is 0.647. The molecule has 1 aliphatic carbocycles. The lowest BCUT2D eigenvalue weighted by molar-refractivity contribution is 0.222. The molecule has 1 N–H and O–H groups in total. The molecule has 0 amide bonds. The molecule has 2 rings (SSSR count). The van der Waals surface area contributed by atoms with E-state index in [1.54, 1.807) is 0 Å². The molecule has 1 saturated carbocycles. The fourth-order valence-corrected chi connectivity index (χ4v) is 3.43. The Kier molecular flexibility index (Phi) is 4.98. The molecule has 0 heterocycles. The van der Waals surface area contributed by atoms with E-state index in [0.717, 1.165) is 11.6 Å².